The van der Waals surface area contributed by atoms with Crippen molar-refractivity contribution in [3.63, 3.8) is 0 Å². The summed E-state index contributed by atoms with van der Waals surface area (Å²) >= 11 is 0. The Bertz CT molecular complexity index is 795. The van der Waals surface area contributed by atoms with E-state index in [2.05, 4.69) is 10.1 Å². The predicted molar refractivity (Wildman–Crippen MR) is 83.8 cm³/mol. The number of benzene rings is 1. The van der Waals surface area contributed by atoms with Crippen LogP contribution in [0.4, 0.5) is 8.78 Å². The lowest BCUT2D eigenvalue weighted by Gasteiger charge is -2.10. The average Bonchev–Trinajstić information content (AvgIpc) is 3.10. The van der Waals surface area contributed by atoms with Gasteiger partial charge in [-0.15, -0.1) is 0 Å². The van der Waals surface area contributed by atoms with Crippen LogP contribution in [0.25, 0.3) is 6.08 Å². The molecule has 0 unspecified atom stereocenters. The Morgan fingerprint density at radius 2 is 2.20 bits per heavy atom. The van der Waals surface area contributed by atoms with Crippen molar-refractivity contribution in [3.05, 3.63) is 53.5 Å². The van der Waals surface area contributed by atoms with Crippen molar-refractivity contribution >= 4 is 12.0 Å². The summed E-state index contributed by atoms with van der Waals surface area (Å²) in [7, 11) is 1.31. The van der Waals surface area contributed by atoms with Gasteiger partial charge in [0, 0.05) is 0 Å². The first kappa shape index (κ1) is 18.0. The zero-order valence-corrected chi connectivity index (χ0v) is 13.2. The van der Waals surface area contributed by atoms with Crippen LogP contribution in [-0.4, -0.2) is 19.6 Å². The fourth-order valence-electron chi connectivity index (χ4n) is 1.96. The van der Waals surface area contributed by atoms with Crippen LogP contribution in [0.5, 0.6) is 11.5 Å². The van der Waals surface area contributed by atoms with E-state index in [9.17, 15) is 13.6 Å². The molecule has 1 heterocycles. The number of rotatable bonds is 7. The second-order valence-corrected chi connectivity index (χ2v) is 4.72. The van der Waals surface area contributed by atoms with Crippen LogP contribution in [-0.2, 0) is 11.3 Å². The summed E-state index contributed by atoms with van der Waals surface area (Å²) in [5, 5.41) is 11.7. The number of halogens is 2. The molecule has 0 radical (unpaired) electrons. The lowest BCUT2D eigenvalue weighted by molar-refractivity contribution is -0.117. The number of amides is 1. The number of carbonyl (C=O) groups excluding carboxylic acids is 1. The van der Waals surface area contributed by atoms with Gasteiger partial charge in [0.2, 0.25) is 0 Å². The number of nitrogens with one attached hydrogen (secondary N) is 1. The first-order valence-corrected chi connectivity index (χ1v) is 7.08. The molecule has 0 spiro atoms. The SMILES string of the molecule is COc1ccc(/C=C(\C#N)C(=O)NCc2ccco2)cc1OC(F)F. The highest BCUT2D eigenvalue weighted by Gasteiger charge is 2.13. The molecule has 2 rings (SSSR count). The quantitative estimate of drug-likeness (QED) is 0.614. The van der Waals surface area contributed by atoms with Crippen LogP contribution in [0.3, 0.4) is 0 Å². The zero-order chi connectivity index (χ0) is 18.2. The molecule has 25 heavy (non-hydrogen) atoms. The molecular formula is C17H14F2N2O4. The van der Waals surface area contributed by atoms with Gasteiger partial charge in [0.25, 0.3) is 5.91 Å². The molecule has 130 valence electrons. The number of nitriles is 1. The van der Waals surface area contributed by atoms with Gasteiger partial charge in [0.15, 0.2) is 11.5 Å². The average molecular weight is 348 g/mol. The van der Waals surface area contributed by atoms with Gasteiger partial charge in [-0.3, -0.25) is 4.79 Å². The first-order chi connectivity index (χ1) is 12.0. The van der Waals surface area contributed by atoms with Gasteiger partial charge in [-0.05, 0) is 35.9 Å². The lowest BCUT2D eigenvalue weighted by Crippen LogP contribution is -2.23. The summed E-state index contributed by atoms with van der Waals surface area (Å²) in [5.74, 6) is -0.175. The topological polar surface area (TPSA) is 84.5 Å². The van der Waals surface area contributed by atoms with Crippen LogP contribution in [0.2, 0.25) is 0 Å². The first-order valence-electron chi connectivity index (χ1n) is 7.08. The number of hydrogen-bond donors (Lipinski definition) is 1. The molecule has 0 saturated carbocycles. The fourth-order valence-corrected chi connectivity index (χ4v) is 1.96. The number of ether oxygens (including phenoxy) is 2. The molecule has 0 saturated heterocycles. The van der Waals surface area contributed by atoms with E-state index < -0.39 is 12.5 Å². The number of alkyl halides is 2. The van der Waals surface area contributed by atoms with Crippen molar-refractivity contribution < 1.29 is 27.5 Å². The number of methoxy groups -OCH3 is 1. The Morgan fingerprint density at radius 1 is 1.40 bits per heavy atom. The van der Waals surface area contributed by atoms with Gasteiger partial charge in [-0.1, -0.05) is 6.07 Å². The molecule has 1 aromatic carbocycles. The van der Waals surface area contributed by atoms with E-state index in [-0.39, 0.29) is 23.6 Å². The molecule has 0 aliphatic carbocycles. The van der Waals surface area contributed by atoms with Gasteiger partial charge in [0.05, 0.1) is 19.9 Å². The van der Waals surface area contributed by atoms with E-state index in [4.69, 9.17) is 14.4 Å². The summed E-state index contributed by atoms with van der Waals surface area (Å²) in [4.78, 5) is 12.0. The maximum atomic E-state index is 12.4. The third-order valence-electron chi connectivity index (χ3n) is 3.08. The molecule has 1 amide bonds. The third-order valence-corrected chi connectivity index (χ3v) is 3.08. The van der Waals surface area contributed by atoms with Crippen molar-refractivity contribution in [2.24, 2.45) is 0 Å². The van der Waals surface area contributed by atoms with Crippen molar-refractivity contribution in [2.45, 2.75) is 13.2 Å². The molecule has 0 bridgehead atoms. The van der Waals surface area contributed by atoms with Crippen molar-refractivity contribution in [1.82, 2.24) is 5.32 Å². The molecule has 1 aromatic heterocycles. The Balaban J connectivity index is 2.17. The Kier molecular flexibility index (Phi) is 6.12. The Hall–Kier alpha value is -3.34. The molecule has 0 fully saturated rings. The van der Waals surface area contributed by atoms with Crippen LogP contribution in [0.1, 0.15) is 11.3 Å². The van der Waals surface area contributed by atoms with E-state index in [1.54, 1.807) is 18.2 Å². The van der Waals surface area contributed by atoms with Gasteiger partial charge >= 0.3 is 6.61 Å². The largest absolute Gasteiger partial charge is 0.493 e. The van der Waals surface area contributed by atoms with Gasteiger partial charge in [0.1, 0.15) is 17.4 Å². The molecule has 8 heteroatoms. The number of furan rings is 1. The molecule has 1 N–H and O–H groups in total. The van der Waals surface area contributed by atoms with Gasteiger partial charge < -0.3 is 19.2 Å². The van der Waals surface area contributed by atoms with E-state index in [1.807, 2.05) is 0 Å². The predicted octanol–water partition coefficient (Wildman–Crippen LogP) is 3.11. The summed E-state index contributed by atoms with van der Waals surface area (Å²) in [6.07, 6.45) is 2.72. The maximum Gasteiger partial charge on any atom is 0.387 e. The van der Waals surface area contributed by atoms with Crippen LogP contribution in [0, 0.1) is 11.3 Å². The minimum Gasteiger partial charge on any atom is -0.493 e. The smallest absolute Gasteiger partial charge is 0.387 e. The number of nitrogens with zero attached hydrogens (tertiary/aromatic N) is 1. The summed E-state index contributed by atoms with van der Waals surface area (Å²) in [6, 6.07) is 9.28. The minimum absolute atomic E-state index is 0.109. The third kappa shape index (κ3) is 5.07. The summed E-state index contributed by atoms with van der Waals surface area (Å²) in [6.45, 7) is -2.91. The fraction of sp³-hybridized carbons (Fsp3) is 0.176. The van der Waals surface area contributed by atoms with E-state index in [1.165, 1.54) is 37.6 Å². The Labute approximate surface area is 142 Å². The minimum atomic E-state index is -3.03. The second kappa shape index (κ2) is 8.49. The van der Waals surface area contributed by atoms with Crippen molar-refractivity contribution in [3.8, 4) is 17.6 Å². The molecule has 6 nitrogen and oxygen atoms in total. The highest BCUT2D eigenvalue weighted by atomic mass is 19.3. The normalized spacial score (nSPS) is 11.1. The van der Waals surface area contributed by atoms with Crippen molar-refractivity contribution in [1.29, 1.82) is 5.26 Å². The summed E-state index contributed by atoms with van der Waals surface area (Å²) in [5.41, 5.74) is 0.140. The van der Waals surface area contributed by atoms with Crippen LogP contribution < -0.4 is 14.8 Å². The molecule has 2 aromatic rings. The highest BCUT2D eigenvalue weighted by molar-refractivity contribution is 6.01. The lowest BCUT2D eigenvalue weighted by atomic mass is 10.1. The Morgan fingerprint density at radius 3 is 2.80 bits per heavy atom. The molecule has 0 aliphatic heterocycles. The monoisotopic (exact) mass is 348 g/mol. The van der Waals surface area contributed by atoms with Crippen LogP contribution >= 0.6 is 0 Å². The highest BCUT2D eigenvalue weighted by Crippen LogP contribution is 2.30. The number of hydrogen-bond acceptors (Lipinski definition) is 5. The zero-order valence-electron chi connectivity index (χ0n) is 13.2. The van der Waals surface area contributed by atoms with E-state index in [0.717, 1.165) is 0 Å². The molecular weight excluding hydrogens is 334 g/mol. The van der Waals surface area contributed by atoms with E-state index >= 15 is 0 Å². The standard InChI is InChI=1S/C17H14F2N2O4/c1-23-14-5-4-11(8-15(14)25-17(18)19)7-12(9-20)16(22)21-10-13-3-2-6-24-13/h2-8,17H,10H2,1H3,(H,21,22)/b12-7+. The number of carbonyl (C=O) groups is 1. The second-order valence-electron chi connectivity index (χ2n) is 4.72. The van der Waals surface area contributed by atoms with Crippen molar-refractivity contribution in [2.75, 3.05) is 7.11 Å². The molecule has 0 atom stereocenters. The van der Waals surface area contributed by atoms with Crippen LogP contribution in [0.15, 0.2) is 46.6 Å². The van der Waals surface area contributed by atoms with E-state index in [0.29, 0.717) is 11.3 Å². The van der Waals surface area contributed by atoms with Gasteiger partial charge in [-0.2, -0.15) is 14.0 Å². The summed E-state index contributed by atoms with van der Waals surface area (Å²) < 4.78 is 39.3. The maximum absolute atomic E-state index is 12.4. The van der Waals surface area contributed by atoms with Gasteiger partial charge in [-0.25, -0.2) is 0 Å². The molecule has 0 aliphatic rings.